The van der Waals surface area contributed by atoms with Crippen molar-refractivity contribution < 1.29 is 4.79 Å². The van der Waals surface area contributed by atoms with Crippen molar-refractivity contribution in [3.63, 3.8) is 0 Å². The van der Waals surface area contributed by atoms with Crippen LogP contribution in [-0.4, -0.2) is 39.8 Å². The van der Waals surface area contributed by atoms with E-state index in [1.807, 2.05) is 11.0 Å². The van der Waals surface area contributed by atoms with E-state index < -0.39 is 0 Å². The van der Waals surface area contributed by atoms with Gasteiger partial charge in [-0.2, -0.15) is 0 Å². The Kier molecular flexibility index (Phi) is 5.96. The van der Waals surface area contributed by atoms with Crippen molar-refractivity contribution >= 4 is 39.8 Å². The minimum atomic E-state index is 0.204. The average Bonchev–Trinajstić information content (AvgIpc) is 3.03. The SMILES string of the molecule is Cc1ccc(Nc2nnc(SCC(=O)N3CCC[C@H](C)C3)s2)cc1C. The van der Waals surface area contributed by atoms with E-state index in [4.69, 9.17) is 0 Å². The summed E-state index contributed by atoms with van der Waals surface area (Å²) in [5.74, 6) is 1.25. The molecule has 0 saturated carbocycles. The largest absolute Gasteiger partial charge is 0.342 e. The Morgan fingerprint density at radius 1 is 1.36 bits per heavy atom. The Morgan fingerprint density at radius 3 is 2.96 bits per heavy atom. The van der Waals surface area contributed by atoms with Gasteiger partial charge in [-0.25, -0.2) is 0 Å². The van der Waals surface area contributed by atoms with Gasteiger partial charge in [0.25, 0.3) is 0 Å². The molecule has 1 aliphatic heterocycles. The summed E-state index contributed by atoms with van der Waals surface area (Å²) in [6.45, 7) is 8.17. The van der Waals surface area contributed by atoms with Crippen LogP contribution in [0.1, 0.15) is 30.9 Å². The molecule has 25 heavy (non-hydrogen) atoms. The first-order chi connectivity index (χ1) is 12.0. The number of piperidine rings is 1. The minimum Gasteiger partial charge on any atom is -0.342 e. The maximum absolute atomic E-state index is 12.3. The summed E-state index contributed by atoms with van der Waals surface area (Å²) in [6, 6.07) is 6.23. The number of thioether (sulfide) groups is 1. The van der Waals surface area contributed by atoms with Gasteiger partial charge in [-0.3, -0.25) is 4.79 Å². The van der Waals surface area contributed by atoms with Crippen molar-refractivity contribution in [3.8, 4) is 0 Å². The van der Waals surface area contributed by atoms with Gasteiger partial charge >= 0.3 is 0 Å². The molecule has 1 N–H and O–H groups in total. The van der Waals surface area contributed by atoms with Crippen LogP contribution in [0.2, 0.25) is 0 Å². The van der Waals surface area contributed by atoms with Gasteiger partial charge in [0.15, 0.2) is 4.34 Å². The zero-order valence-corrected chi connectivity index (χ0v) is 16.5. The molecule has 1 aliphatic rings. The third kappa shape index (κ3) is 4.95. The van der Waals surface area contributed by atoms with Crippen LogP contribution in [0.25, 0.3) is 0 Å². The summed E-state index contributed by atoms with van der Waals surface area (Å²) in [5, 5.41) is 12.4. The number of nitrogens with zero attached hydrogens (tertiary/aromatic N) is 3. The van der Waals surface area contributed by atoms with Crippen LogP contribution in [0.15, 0.2) is 22.5 Å². The molecule has 0 aliphatic carbocycles. The van der Waals surface area contributed by atoms with E-state index in [-0.39, 0.29) is 5.91 Å². The second-order valence-electron chi connectivity index (χ2n) is 6.67. The Bertz CT molecular complexity index is 746. The molecule has 3 rings (SSSR count). The highest BCUT2D eigenvalue weighted by Crippen LogP contribution is 2.28. The molecule has 1 aromatic heterocycles. The summed E-state index contributed by atoms with van der Waals surface area (Å²) < 4.78 is 0.824. The van der Waals surface area contributed by atoms with E-state index in [1.165, 1.54) is 40.6 Å². The molecular formula is C18H24N4OS2. The van der Waals surface area contributed by atoms with Crippen LogP contribution in [0.3, 0.4) is 0 Å². The molecule has 0 radical (unpaired) electrons. The van der Waals surface area contributed by atoms with Crippen LogP contribution >= 0.6 is 23.1 Å². The van der Waals surface area contributed by atoms with Gasteiger partial charge < -0.3 is 10.2 Å². The average molecular weight is 377 g/mol. The third-order valence-corrected chi connectivity index (χ3v) is 6.45. The van der Waals surface area contributed by atoms with Crippen LogP contribution in [0, 0.1) is 19.8 Å². The van der Waals surface area contributed by atoms with Gasteiger partial charge in [0.2, 0.25) is 11.0 Å². The summed E-state index contributed by atoms with van der Waals surface area (Å²) in [5.41, 5.74) is 3.52. The Morgan fingerprint density at radius 2 is 2.20 bits per heavy atom. The topological polar surface area (TPSA) is 58.1 Å². The lowest BCUT2D eigenvalue weighted by Gasteiger charge is -2.30. The fourth-order valence-electron chi connectivity index (χ4n) is 2.89. The lowest BCUT2D eigenvalue weighted by molar-refractivity contribution is -0.130. The van der Waals surface area contributed by atoms with E-state index in [9.17, 15) is 4.79 Å². The normalized spacial score (nSPS) is 17.6. The van der Waals surface area contributed by atoms with Crippen molar-refractivity contribution in [1.29, 1.82) is 0 Å². The number of anilines is 2. The fourth-order valence-corrected chi connectivity index (χ4v) is 4.57. The van der Waals surface area contributed by atoms with Crippen LogP contribution in [0.4, 0.5) is 10.8 Å². The first-order valence-corrected chi connectivity index (χ1v) is 10.4. The van der Waals surface area contributed by atoms with E-state index in [2.05, 4.69) is 48.4 Å². The van der Waals surface area contributed by atoms with Crippen molar-refractivity contribution in [1.82, 2.24) is 15.1 Å². The maximum atomic E-state index is 12.3. The van der Waals surface area contributed by atoms with Crippen LogP contribution < -0.4 is 5.32 Å². The summed E-state index contributed by atoms with van der Waals surface area (Å²) in [4.78, 5) is 14.3. The molecule has 134 valence electrons. The molecule has 1 fully saturated rings. The zero-order valence-electron chi connectivity index (χ0n) is 14.9. The van der Waals surface area contributed by atoms with E-state index in [0.29, 0.717) is 11.7 Å². The fraction of sp³-hybridized carbons (Fsp3) is 0.500. The molecule has 1 aromatic carbocycles. The van der Waals surface area contributed by atoms with E-state index >= 15 is 0 Å². The van der Waals surface area contributed by atoms with E-state index in [1.54, 1.807) is 0 Å². The highest BCUT2D eigenvalue weighted by molar-refractivity contribution is 8.01. The number of likely N-dealkylation sites (tertiary alicyclic amines) is 1. The number of aromatic nitrogens is 2. The van der Waals surface area contributed by atoms with E-state index in [0.717, 1.165) is 34.7 Å². The number of rotatable bonds is 5. The number of benzene rings is 1. The molecule has 2 heterocycles. The molecule has 0 spiro atoms. The number of aryl methyl sites for hydroxylation is 2. The number of amides is 1. The van der Waals surface area contributed by atoms with Gasteiger partial charge in [0.1, 0.15) is 0 Å². The lowest BCUT2D eigenvalue weighted by Crippen LogP contribution is -2.40. The van der Waals surface area contributed by atoms with Gasteiger partial charge in [0, 0.05) is 18.8 Å². The quantitative estimate of drug-likeness (QED) is 0.791. The number of hydrogen-bond donors (Lipinski definition) is 1. The number of carbonyl (C=O) groups excluding carboxylic acids is 1. The summed E-state index contributed by atoms with van der Waals surface area (Å²) in [7, 11) is 0. The standard InChI is InChI=1S/C18H24N4OS2/c1-12-5-4-8-22(10-12)16(23)11-24-18-21-20-17(25-18)19-15-7-6-13(2)14(3)9-15/h6-7,9,12H,4-5,8,10-11H2,1-3H3,(H,19,20)/t12-/m0/s1. The zero-order chi connectivity index (χ0) is 17.8. The maximum Gasteiger partial charge on any atom is 0.233 e. The monoisotopic (exact) mass is 376 g/mol. The summed E-state index contributed by atoms with van der Waals surface area (Å²) >= 11 is 2.96. The van der Waals surface area contributed by atoms with Crippen molar-refractivity contribution in [3.05, 3.63) is 29.3 Å². The predicted octanol–water partition coefficient (Wildman–Crippen LogP) is 4.25. The molecule has 2 aromatic rings. The van der Waals surface area contributed by atoms with Gasteiger partial charge in [0.05, 0.1) is 5.75 Å². The molecule has 5 nitrogen and oxygen atoms in total. The molecule has 7 heteroatoms. The second kappa shape index (κ2) is 8.19. The highest BCUT2D eigenvalue weighted by atomic mass is 32.2. The molecule has 1 saturated heterocycles. The van der Waals surface area contributed by atoms with Crippen molar-refractivity contribution in [2.45, 2.75) is 38.0 Å². The molecular weight excluding hydrogens is 352 g/mol. The smallest absolute Gasteiger partial charge is 0.233 e. The summed E-state index contributed by atoms with van der Waals surface area (Å²) in [6.07, 6.45) is 2.33. The van der Waals surface area contributed by atoms with Gasteiger partial charge in [-0.1, -0.05) is 36.1 Å². The molecule has 1 amide bonds. The Hall–Kier alpha value is -1.60. The van der Waals surface area contributed by atoms with Crippen LogP contribution in [0.5, 0.6) is 0 Å². The number of hydrogen-bond acceptors (Lipinski definition) is 6. The lowest BCUT2D eigenvalue weighted by atomic mass is 10.0. The highest BCUT2D eigenvalue weighted by Gasteiger charge is 2.21. The molecule has 0 bridgehead atoms. The predicted molar refractivity (Wildman–Crippen MR) is 105 cm³/mol. The molecule has 0 unspecified atom stereocenters. The number of nitrogens with one attached hydrogen (secondary N) is 1. The minimum absolute atomic E-state index is 0.204. The van der Waals surface area contributed by atoms with Crippen LogP contribution in [-0.2, 0) is 4.79 Å². The number of carbonyl (C=O) groups is 1. The van der Waals surface area contributed by atoms with Gasteiger partial charge in [-0.15, -0.1) is 10.2 Å². The Labute approximate surface area is 157 Å². The first-order valence-electron chi connectivity index (χ1n) is 8.59. The third-order valence-electron chi connectivity index (χ3n) is 4.49. The Balaban J connectivity index is 1.53. The second-order valence-corrected chi connectivity index (χ2v) is 8.87. The van der Waals surface area contributed by atoms with Crippen molar-refractivity contribution in [2.75, 3.05) is 24.2 Å². The first kappa shape index (κ1) is 18.2. The van der Waals surface area contributed by atoms with Crippen molar-refractivity contribution in [2.24, 2.45) is 5.92 Å². The molecule has 1 atom stereocenters. The van der Waals surface area contributed by atoms with Gasteiger partial charge in [-0.05, 0) is 55.9 Å².